The summed E-state index contributed by atoms with van der Waals surface area (Å²) in [5.41, 5.74) is 2.18. The molecule has 0 atom stereocenters. The van der Waals surface area contributed by atoms with E-state index in [1.807, 2.05) is 20.0 Å². The number of nitrogens with zero attached hydrogens (tertiary/aromatic N) is 3. The van der Waals surface area contributed by atoms with Crippen LogP contribution in [0.4, 0.5) is 0 Å². The van der Waals surface area contributed by atoms with Crippen molar-refractivity contribution < 1.29 is 4.52 Å². The predicted octanol–water partition coefficient (Wildman–Crippen LogP) is 3.12. The van der Waals surface area contributed by atoms with Gasteiger partial charge in [-0.05, 0) is 26.7 Å². The zero-order valence-corrected chi connectivity index (χ0v) is 10.8. The van der Waals surface area contributed by atoms with Gasteiger partial charge in [-0.25, -0.2) is 4.98 Å². The van der Waals surface area contributed by atoms with Crippen LogP contribution in [0.5, 0.6) is 0 Å². The van der Waals surface area contributed by atoms with Crippen molar-refractivity contribution in [3.8, 4) is 0 Å². The van der Waals surface area contributed by atoms with E-state index in [4.69, 9.17) is 4.52 Å². The average Bonchev–Trinajstić information content (AvgIpc) is 2.98. The number of thioether (sulfide) groups is 1. The van der Waals surface area contributed by atoms with Crippen LogP contribution < -0.4 is 0 Å². The minimum atomic E-state index is 0.685. The van der Waals surface area contributed by atoms with E-state index in [1.165, 1.54) is 18.4 Å². The maximum atomic E-state index is 5.16. The fourth-order valence-electron chi connectivity index (χ4n) is 1.89. The molecule has 1 saturated carbocycles. The summed E-state index contributed by atoms with van der Waals surface area (Å²) in [7, 11) is 0. The lowest BCUT2D eigenvalue weighted by molar-refractivity contribution is 0.392. The van der Waals surface area contributed by atoms with Crippen molar-refractivity contribution in [1.29, 1.82) is 0 Å². The van der Waals surface area contributed by atoms with E-state index in [0.29, 0.717) is 6.04 Å². The molecule has 0 bridgehead atoms. The van der Waals surface area contributed by atoms with E-state index in [9.17, 15) is 0 Å². The van der Waals surface area contributed by atoms with Crippen LogP contribution in [-0.2, 0) is 5.75 Å². The Balaban J connectivity index is 1.73. The van der Waals surface area contributed by atoms with E-state index < -0.39 is 0 Å². The molecule has 0 amide bonds. The standard InChI is InChI=1S/C12H15N3OS/c1-8-11(9(2)16-14-8)7-17-12-13-5-6-15(12)10-3-4-10/h5-6,10H,3-4,7H2,1-2H3. The van der Waals surface area contributed by atoms with Gasteiger partial charge < -0.3 is 9.09 Å². The smallest absolute Gasteiger partial charge is 0.168 e. The highest BCUT2D eigenvalue weighted by Gasteiger charge is 2.25. The van der Waals surface area contributed by atoms with Crippen LogP contribution in [0, 0.1) is 13.8 Å². The van der Waals surface area contributed by atoms with E-state index in [2.05, 4.69) is 20.9 Å². The highest BCUT2D eigenvalue weighted by atomic mass is 32.2. The number of hydrogen-bond acceptors (Lipinski definition) is 4. The van der Waals surface area contributed by atoms with Crippen LogP contribution in [-0.4, -0.2) is 14.7 Å². The molecule has 2 aromatic rings. The van der Waals surface area contributed by atoms with Gasteiger partial charge in [0.15, 0.2) is 5.16 Å². The van der Waals surface area contributed by atoms with Crippen molar-refractivity contribution in [3.63, 3.8) is 0 Å². The van der Waals surface area contributed by atoms with E-state index in [0.717, 1.165) is 22.4 Å². The van der Waals surface area contributed by atoms with Gasteiger partial charge in [0, 0.05) is 29.8 Å². The minimum absolute atomic E-state index is 0.685. The summed E-state index contributed by atoms with van der Waals surface area (Å²) in [6.07, 6.45) is 6.53. The van der Waals surface area contributed by atoms with Crippen molar-refractivity contribution in [2.45, 2.75) is 43.6 Å². The lowest BCUT2D eigenvalue weighted by atomic mass is 10.2. The molecule has 3 rings (SSSR count). The summed E-state index contributed by atoms with van der Waals surface area (Å²) in [5.74, 6) is 1.80. The van der Waals surface area contributed by atoms with Gasteiger partial charge in [0.05, 0.1) is 5.69 Å². The van der Waals surface area contributed by atoms with E-state index >= 15 is 0 Å². The molecule has 0 radical (unpaired) electrons. The first kappa shape index (κ1) is 10.9. The second-order valence-electron chi connectivity index (χ2n) is 4.44. The maximum Gasteiger partial charge on any atom is 0.168 e. The fraction of sp³-hybridized carbons (Fsp3) is 0.500. The third-order valence-electron chi connectivity index (χ3n) is 3.10. The largest absolute Gasteiger partial charge is 0.361 e. The Hall–Kier alpha value is -1.23. The van der Waals surface area contributed by atoms with Gasteiger partial charge in [-0.1, -0.05) is 16.9 Å². The third kappa shape index (κ3) is 2.11. The first-order chi connectivity index (χ1) is 8.25. The topological polar surface area (TPSA) is 43.9 Å². The van der Waals surface area contributed by atoms with Crippen molar-refractivity contribution in [3.05, 3.63) is 29.4 Å². The number of hydrogen-bond donors (Lipinski definition) is 0. The monoisotopic (exact) mass is 249 g/mol. The molecule has 0 spiro atoms. The van der Waals surface area contributed by atoms with Crippen molar-refractivity contribution in [1.82, 2.24) is 14.7 Å². The molecular weight excluding hydrogens is 234 g/mol. The van der Waals surface area contributed by atoms with Crippen LogP contribution in [0.25, 0.3) is 0 Å². The van der Waals surface area contributed by atoms with E-state index in [-0.39, 0.29) is 0 Å². The van der Waals surface area contributed by atoms with Crippen LogP contribution in [0.1, 0.15) is 35.9 Å². The lowest BCUT2D eigenvalue weighted by Gasteiger charge is -2.04. The molecule has 1 fully saturated rings. The summed E-state index contributed by atoms with van der Waals surface area (Å²) in [6.45, 7) is 3.95. The Morgan fingerprint density at radius 2 is 2.29 bits per heavy atom. The van der Waals surface area contributed by atoms with Gasteiger partial charge in [0.25, 0.3) is 0 Å². The Morgan fingerprint density at radius 1 is 1.47 bits per heavy atom. The lowest BCUT2D eigenvalue weighted by Crippen LogP contribution is -1.95. The molecule has 2 heterocycles. The number of rotatable bonds is 4. The number of aromatic nitrogens is 3. The molecule has 90 valence electrons. The molecule has 0 aliphatic heterocycles. The molecule has 0 unspecified atom stereocenters. The molecule has 0 aromatic carbocycles. The van der Waals surface area contributed by atoms with Gasteiger partial charge >= 0.3 is 0 Å². The zero-order chi connectivity index (χ0) is 11.8. The molecular formula is C12H15N3OS. The Labute approximate surface area is 104 Å². The molecule has 0 N–H and O–H groups in total. The highest BCUT2D eigenvalue weighted by molar-refractivity contribution is 7.98. The quantitative estimate of drug-likeness (QED) is 0.781. The molecule has 1 aliphatic carbocycles. The molecule has 0 saturated heterocycles. The second-order valence-corrected chi connectivity index (χ2v) is 5.38. The first-order valence-corrected chi connectivity index (χ1v) is 6.81. The van der Waals surface area contributed by atoms with Gasteiger partial charge in [-0.15, -0.1) is 0 Å². The summed E-state index contributed by atoms with van der Waals surface area (Å²) in [5, 5.41) is 5.07. The first-order valence-electron chi connectivity index (χ1n) is 5.83. The Bertz CT molecular complexity index is 508. The van der Waals surface area contributed by atoms with Crippen molar-refractivity contribution >= 4 is 11.8 Å². The highest BCUT2D eigenvalue weighted by Crippen LogP contribution is 2.38. The Morgan fingerprint density at radius 3 is 2.94 bits per heavy atom. The summed E-state index contributed by atoms with van der Waals surface area (Å²) >= 11 is 1.76. The summed E-state index contributed by atoms with van der Waals surface area (Å²) in [6, 6.07) is 0.685. The minimum Gasteiger partial charge on any atom is -0.361 e. The van der Waals surface area contributed by atoms with Crippen LogP contribution in [0.2, 0.25) is 0 Å². The van der Waals surface area contributed by atoms with Crippen LogP contribution in [0.3, 0.4) is 0 Å². The van der Waals surface area contributed by atoms with Gasteiger partial charge in [0.1, 0.15) is 5.76 Å². The van der Waals surface area contributed by atoms with Crippen LogP contribution in [0.15, 0.2) is 22.1 Å². The second kappa shape index (κ2) is 4.22. The normalized spacial score (nSPS) is 15.4. The fourth-order valence-corrected chi connectivity index (χ4v) is 3.07. The summed E-state index contributed by atoms with van der Waals surface area (Å²) in [4.78, 5) is 4.41. The number of aryl methyl sites for hydroxylation is 2. The molecule has 1 aliphatic rings. The number of imidazole rings is 1. The predicted molar refractivity (Wildman–Crippen MR) is 66.0 cm³/mol. The summed E-state index contributed by atoms with van der Waals surface area (Å²) < 4.78 is 7.45. The zero-order valence-electron chi connectivity index (χ0n) is 10.0. The Kier molecular flexibility index (Phi) is 2.70. The maximum absolute atomic E-state index is 5.16. The SMILES string of the molecule is Cc1noc(C)c1CSc1nccn1C1CC1. The third-order valence-corrected chi connectivity index (χ3v) is 4.11. The van der Waals surface area contributed by atoms with E-state index in [1.54, 1.807) is 11.8 Å². The molecule has 2 aromatic heterocycles. The van der Waals surface area contributed by atoms with Crippen molar-refractivity contribution in [2.24, 2.45) is 0 Å². The molecule has 5 heteroatoms. The van der Waals surface area contributed by atoms with Crippen molar-refractivity contribution in [2.75, 3.05) is 0 Å². The molecule has 17 heavy (non-hydrogen) atoms. The molecule has 4 nitrogen and oxygen atoms in total. The van der Waals surface area contributed by atoms with Gasteiger partial charge in [0.2, 0.25) is 0 Å². The van der Waals surface area contributed by atoms with Gasteiger partial charge in [-0.2, -0.15) is 0 Å². The average molecular weight is 249 g/mol. The van der Waals surface area contributed by atoms with Crippen LogP contribution >= 0.6 is 11.8 Å². The van der Waals surface area contributed by atoms with Gasteiger partial charge in [-0.3, -0.25) is 0 Å².